The van der Waals surface area contributed by atoms with E-state index in [2.05, 4.69) is 28.1 Å². The van der Waals surface area contributed by atoms with Crippen LogP contribution in [0.25, 0.3) is 0 Å². The van der Waals surface area contributed by atoms with Gasteiger partial charge in [0.1, 0.15) is 0 Å². The average Bonchev–Trinajstić information content (AvgIpc) is 1.68. The van der Waals surface area contributed by atoms with Gasteiger partial charge in [-0.15, -0.1) is 0 Å². The normalized spacial score (nSPS) is 14.4. The third-order valence-corrected chi connectivity index (χ3v) is 0.279. The molecule has 0 amide bonds. The van der Waals surface area contributed by atoms with E-state index in [4.69, 9.17) is 0 Å². The molecule has 0 rings (SSSR count). The molecule has 0 aliphatic carbocycles. The van der Waals surface area contributed by atoms with Crippen LogP contribution >= 0.6 is 0 Å². The predicted octanol–water partition coefficient (Wildman–Crippen LogP) is -1.77. The second-order valence-corrected chi connectivity index (χ2v) is 0.656. The number of hydrogen-bond donors (Lipinski definition) is 2. The summed E-state index contributed by atoms with van der Waals surface area (Å²) in [7, 11) is 0. The molecule has 0 spiro atoms. The molecule has 0 aliphatic rings. The van der Waals surface area contributed by atoms with Gasteiger partial charge in [-0.3, -0.25) is 0 Å². The van der Waals surface area contributed by atoms with E-state index in [1.807, 2.05) is 0 Å². The van der Waals surface area contributed by atoms with E-state index in [-0.39, 0.29) is 0 Å². The van der Waals surface area contributed by atoms with Crippen LogP contribution in [-0.4, -0.2) is 6.72 Å². The van der Waals surface area contributed by atoms with E-state index in [1.165, 1.54) is 0 Å². The molecule has 0 bridgehead atoms. The average molecular weight is 103 g/mol. The van der Waals surface area contributed by atoms with Gasteiger partial charge in [-0.1, -0.05) is 10.4 Å². The van der Waals surface area contributed by atoms with Gasteiger partial charge < -0.3 is 11.0 Å². The number of nitrogens with one attached hydrogen (secondary N) is 1. The molecule has 0 aromatic rings. The zero-order chi connectivity index (χ0) is 5.70. The SMILES string of the molecule is C=N[NH+]([O-])N=NN. The van der Waals surface area contributed by atoms with Crippen LogP contribution in [-0.2, 0) is 0 Å². The van der Waals surface area contributed by atoms with Crippen LogP contribution in [0.1, 0.15) is 0 Å². The van der Waals surface area contributed by atoms with Crippen molar-refractivity contribution in [3.05, 3.63) is 5.21 Å². The summed E-state index contributed by atoms with van der Waals surface area (Å²) in [5, 5.41) is 17.3. The van der Waals surface area contributed by atoms with Crippen LogP contribution in [0, 0.1) is 5.21 Å². The Morgan fingerprint density at radius 1 is 1.71 bits per heavy atom. The van der Waals surface area contributed by atoms with Gasteiger partial charge in [0.15, 0.2) is 0 Å². The highest BCUT2D eigenvalue weighted by atomic mass is 16.6. The Hall–Kier alpha value is -1.01. The van der Waals surface area contributed by atoms with Crippen molar-refractivity contribution in [1.29, 1.82) is 0 Å². The van der Waals surface area contributed by atoms with E-state index >= 15 is 0 Å². The van der Waals surface area contributed by atoms with Crippen molar-refractivity contribution in [2.24, 2.45) is 21.4 Å². The molecular formula is CH5N5O. The zero-order valence-electron chi connectivity index (χ0n) is 3.53. The quantitative estimate of drug-likeness (QED) is 0.187. The van der Waals surface area contributed by atoms with Crippen molar-refractivity contribution in [2.45, 2.75) is 0 Å². The fraction of sp³-hybridized carbons (Fsp3) is 0. The Bertz CT molecular complexity index is 78.1. The van der Waals surface area contributed by atoms with Crippen LogP contribution in [0.2, 0.25) is 0 Å². The maximum atomic E-state index is 9.84. The molecule has 1 atom stereocenters. The van der Waals surface area contributed by atoms with Gasteiger partial charge in [-0.2, -0.15) is 0 Å². The summed E-state index contributed by atoms with van der Waals surface area (Å²) in [5.41, 5.74) is 0. The molecule has 3 N–H and O–H groups in total. The van der Waals surface area contributed by atoms with E-state index in [0.717, 1.165) is 0 Å². The monoisotopic (exact) mass is 103 g/mol. The second kappa shape index (κ2) is 3.19. The van der Waals surface area contributed by atoms with Crippen molar-refractivity contribution in [3.63, 3.8) is 0 Å². The number of quaternary nitrogens is 1. The highest BCUT2D eigenvalue weighted by molar-refractivity contribution is 5.20. The first-order valence-electron chi connectivity index (χ1n) is 1.43. The lowest BCUT2D eigenvalue weighted by Gasteiger charge is -1.99. The van der Waals surface area contributed by atoms with Crippen molar-refractivity contribution < 1.29 is 5.28 Å². The third-order valence-electron chi connectivity index (χ3n) is 0.279. The summed E-state index contributed by atoms with van der Waals surface area (Å²) in [6.07, 6.45) is 0. The van der Waals surface area contributed by atoms with E-state index < -0.39 is 5.28 Å². The summed E-state index contributed by atoms with van der Waals surface area (Å²) < 4.78 is 0. The molecule has 0 heterocycles. The Morgan fingerprint density at radius 2 is 2.29 bits per heavy atom. The first-order chi connectivity index (χ1) is 3.31. The molecule has 0 aliphatic heterocycles. The molecule has 0 saturated carbocycles. The Kier molecular flexibility index (Phi) is 2.73. The maximum absolute atomic E-state index is 9.84. The first-order valence-corrected chi connectivity index (χ1v) is 1.43. The summed E-state index contributed by atoms with van der Waals surface area (Å²) >= 11 is 0. The van der Waals surface area contributed by atoms with Crippen molar-refractivity contribution in [3.8, 4) is 0 Å². The summed E-state index contributed by atoms with van der Waals surface area (Å²) in [6, 6.07) is 0. The van der Waals surface area contributed by atoms with Crippen LogP contribution in [0.4, 0.5) is 0 Å². The van der Waals surface area contributed by atoms with Gasteiger partial charge in [0.2, 0.25) is 0 Å². The van der Waals surface area contributed by atoms with Gasteiger partial charge >= 0.3 is 0 Å². The Balaban J connectivity index is 3.35. The molecule has 0 radical (unpaired) electrons. The van der Waals surface area contributed by atoms with Gasteiger partial charge in [-0.05, 0) is 5.22 Å². The largest absolute Gasteiger partial charge is 0.577 e. The molecule has 40 valence electrons. The molecule has 6 heteroatoms. The molecule has 7 heavy (non-hydrogen) atoms. The number of hydrogen-bond acceptors (Lipinski definition) is 4. The Morgan fingerprint density at radius 3 is 2.43 bits per heavy atom. The number of nitrogens with zero attached hydrogens (tertiary/aromatic N) is 3. The Labute approximate surface area is 39.8 Å². The van der Waals surface area contributed by atoms with Crippen LogP contribution in [0.5, 0.6) is 0 Å². The number of rotatable bonds is 2. The maximum Gasteiger partial charge on any atom is 0.0754 e. The smallest absolute Gasteiger partial charge is 0.0754 e. The number of nitrogens with two attached hydrogens (primary N) is 1. The summed E-state index contributed by atoms with van der Waals surface area (Å²) in [5.74, 6) is 4.45. The molecule has 0 saturated heterocycles. The minimum Gasteiger partial charge on any atom is -0.577 e. The lowest BCUT2D eigenvalue weighted by atomic mass is 11.7. The molecule has 1 unspecified atom stereocenters. The zero-order valence-corrected chi connectivity index (χ0v) is 3.53. The van der Waals surface area contributed by atoms with E-state index in [1.54, 1.807) is 0 Å². The van der Waals surface area contributed by atoms with E-state index in [0.29, 0.717) is 0 Å². The molecule has 0 fully saturated rings. The van der Waals surface area contributed by atoms with Crippen molar-refractivity contribution in [1.82, 2.24) is 0 Å². The first kappa shape index (κ1) is 5.99. The fourth-order valence-corrected chi connectivity index (χ4v) is 0.0810. The van der Waals surface area contributed by atoms with E-state index in [9.17, 15) is 5.21 Å². The summed E-state index contributed by atoms with van der Waals surface area (Å²) in [4.78, 5) is 0. The fourth-order valence-electron chi connectivity index (χ4n) is 0.0810. The standard InChI is InChI=1S/CH5N5O/c1-3-6(7)5-4-2/h6H,1H2,(H2,2,5). The van der Waals surface area contributed by atoms with Crippen LogP contribution < -0.4 is 11.1 Å². The van der Waals surface area contributed by atoms with Gasteiger partial charge in [0, 0.05) is 6.72 Å². The summed E-state index contributed by atoms with van der Waals surface area (Å²) in [6.45, 7) is 2.87. The van der Waals surface area contributed by atoms with Crippen LogP contribution in [0.15, 0.2) is 15.5 Å². The van der Waals surface area contributed by atoms with Crippen molar-refractivity contribution in [2.75, 3.05) is 0 Å². The lowest BCUT2D eigenvalue weighted by Crippen LogP contribution is -2.96. The molecule has 0 aromatic carbocycles. The predicted molar refractivity (Wildman–Crippen MR) is 22.9 cm³/mol. The third kappa shape index (κ3) is 2.80. The second-order valence-electron chi connectivity index (χ2n) is 0.656. The van der Waals surface area contributed by atoms with Crippen LogP contribution in [0.3, 0.4) is 0 Å². The van der Waals surface area contributed by atoms with Crippen molar-refractivity contribution >= 4 is 6.72 Å². The van der Waals surface area contributed by atoms with Gasteiger partial charge in [0.25, 0.3) is 0 Å². The molecule has 0 aromatic heterocycles. The highest BCUT2D eigenvalue weighted by Gasteiger charge is 1.76. The minimum absolute atomic E-state index is 0.775. The highest BCUT2D eigenvalue weighted by Crippen LogP contribution is 1.42. The lowest BCUT2D eigenvalue weighted by molar-refractivity contribution is -0.867. The minimum atomic E-state index is -0.775. The molecule has 6 nitrogen and oxygen atoms in total. The van der Waals surface area contributed by atoms with Gasteiger partial charge in [0.05, 0.1) is 5.22 Å². The molecular weight excluding hydrogens is 98.0 g/mol. The van der Waals surface area contributed by atoms with Gasteiger partial charge in [-0.25, -0.2) is 0 Å². The topological polar surface area (TPSA) is 90.6 Å².